The first-order valence-corrected chi connectivity index (χ1v) is 12.2. The molecule has 1 saturated heterocycles. The van der Waals surface area contributed by atoms with Gasteiger partial charge in [-0.15, -0.1) is 24.8 Å². The lowest BCUT2D eigenvalue weighted by Crippen LogP contribution is -2.45. The van der Waals surface area contributed by atoms with Crippen molar-refractivity contribution in [3.8, 4) is 0 Å². The van der Waals surface area contributed by atoms with Gasteiger partial charge in [-0.2, -0.15) is 0 Å². The highest BCUT2D eigenvalue weighted by Crippen LogP contribution is 2.48. The number of amides is 1. The van der Waals surface area contributed by atoms with Crippen LogP contribution < -0.4 is 10.6 Å². The average molecular weight is 513 g/mol. The van der Waals surface area contributed by atoms with E-state index in [-0.39, 0.29) is 30.7 Å². The number of benzene rings is 3. The van der Waals surface area contributed by atoms with Crippen LogP contribution in [0.2, 0.25) is 0 Å². The summed E-state index contributed by atoms with van der Waals surface area (Å²) in [7, 11) is 0. The minimum absolute atomic E-state index is 0. The molecule has 4 nitrogen and oxygen atoms in total. The Kier molecular flexibility index (Phi) is 9.37. The van der Waals surface area contributed by atoms with Crippen LogP contribution in [-0.2, 0) is 10.2 Å². The summed E-state index contributed by atoms with van der Waals surface area (Å²) in [5, 5.41) is 0. The number of rotatable bonds is 7. The number of anilines is 1. The van der Waals surface area contributed by atoms with E-state index >= 15 is 0 Å². The van der Waals surface area contributed by atoms with Crippen molar-refractivity contribution < 1.29 is 4.79 Å². The van der Waals surface area contributed by atoms with Crippen LogP contribution in [0.3, 0.4) is 0 Å². The van der Waals surface area contributed by atoms with Gasteiger partial charge in [-0.3, -0.25) is 4.79 Å². The molecule has 1 fully saturated rings. The summed E-state index contributed by atoms with van der Waals surface area (Å²) in [6.45, 7) is 4.07. The van der Waals surface area contributed by atoms with E-state index in [1.165, 1.54) is 18.4 Å². The molecule has 2 N–H and O–H groups in total. The van der Waals surface area contributed by atoms with E-state index in [0.29, 0.717) is 19.0 Å². The topological polar surface area (TPSA) is 49.6 Å². The van der Waals surface area contributed by atoms with Gasteiger partial charge < -0.3 is 15.5 Å². The van der Waals surface area contributed by atoms with E-state index < -0.39 is 5.41 Å². The molecule has 0 aliphatic carbocycles. The molecule has 0 aromatic heterocycles. The van der Waals surface area contributed by atoms with Crippen molar-refractivity contribution >= 4 is 36.4 Å². The molecule has 1 unspecified atom stereocenters. The third-order valence-corrected chi connectivity index (χ3v) is 7.55. The maximum absolute atomic E-state index is 14.0. The van der Waals surface area contributed by atoms with Crippen LogP contribution in [0.25, 0.3) is 0 Å². The number of nitrogens with zero attached hydrogens (tertiary/aromatic N) is 2. The molecule has 1 atom stereocenters. The third-order valence-electron chi connectivity index (χ3n) is 7.55. The normalized spacial score (nSPS) is 20.1. The summed E-state index contributed by atoms with van der Waals surface area (Å²) >= 11 is 0. The number of fused-ring (bicyclic) bond motifs is 1. The highest BCUT2D eigenvalue weighted by molar-refractivity contribution is 6.10. The summed E-state index contributed by atoms with van der Waals surface area (Å²) in [5.41, 5.74) is 9.93. The van der Waals surface area contributed by atoms with Crippen LogP contribution in [0.5, 0.6) is 0 Å². The summed E-state index contributed by atoms with van der Waals surface area (Å²) in [6.07, 6.45) is 3.13. The first-order chi connectivity index (χ1) is 16.2. The number of halogens is 2. The number of carbonyl (C=O) groups is 1. The van der Waals surface area contributed by atoms with Crippen LogP contribution in [0.15, 0.2) is 84.9 Å². The van der Waals surface area contributed by atoms with Crippen LogP contribution in [0, 0.1) is 0 Å². The minimum Gasteiger partial charge on any atom is -0.329 e. The molecule has 0 bridgehead atoms. The number of hydrogen-bond donors (Lipinski definition) is 1. The first-order valence-electron chi connectivity index (χ1n) is 12.2. The molecule has 3 aromatic carbocycles. The molecule has 2 heterocycles. The Morgan fingerprint density at radius 2 is 1.40 bits per heavy atom. The molecule has 0 saturated carbocycles. The maximum Gasteiger partial charge on any atom is 0.242 e. The van der Waals surface area contributed by atoms with Crippen LogP contribution in [0.1, 0.15) is 41.9 Å². The maximum atomic E-state index is 14.0. The SMILES string of the molecule is Cl.Cl.NCCN1C(=O)C(CCN2CCC(c3ccccc3)CC2)(c2ccccc2)c2ccccc21. The average Bonchev–Trinajstić information content (AvgIpc) is 3.12. The predicted octanol–water partition coefficient (Wildman–Crippen LogP) is 5.39. The van der Waals surface area contributed by atoms with Crippen molar-refractivity contribution in [1.82, 2.24) is 4.90 Å². The third kappa shape index (κ3) is 5.12. The fourth-order valence-electron chi connectivity index (χ4n) is 5.80. The second-order valence-corrected chi connectivity index (χ2v) is 9.31. The summed E-state index contributed by atoms with van der Waals surface area (Å²) < 4.78 is 0. The zero-order chi connectivity index (χ0) is 22.7. The Morgan fingerprint density at radius 3 is 2.06 bits per heavy atom. The highest BCUT2D eigenvalue weighted by atomic mass is 35.5. The fraction of sp³-hybridized carbons (Fsp3) is 0.345. The molecular formula is C29H35Cl2N3O. The monoisotopic (exact) mass is 511 g/mol. The smallest absolute Gasteiger partial charge is 0.242 e. The highest BCUT2D eigenvalue weighted by Gasteiger charge is 2.51. The van der Waals surface area contributed by atoms with E-state index in [9.17, 15) is 4.79 Å². The van der Waals surface area contributed by atoms with Gasteiger partial charge in [0.2, 0.25) is 5.91 Å². The van der Waals surface area contributed by atoms with Gasteiger partial charge in [0.15, 0.2) is 0 Å². The van der Waals surface area contributed by atoms with Crippen molar-refractivity contribution in [2.24, 2.45) is 5.73 Å². The van der Waals surface area contributed by atoms with Gasteiger partial charge in [-0.05, 0) is 67.6 Å². The molecule has 2 aliphatic heterocycles. The van der Waals surface area contributed by atoms with Crippen molar-refractivity contribution in [3.05, 3.63) is 102 Å². The molecule has 0 radical (unpaired) electrons. The zero-order valence-electron chi connectivity index (χ0n) is 20.0. The van der Waals surface area contributed by atoms with Crippen molar-refractivity contribution in [3.63, 3.8) is 0 Å². The lowest BCUT2D eigenvalue weighted by molar-refractivity contribution is -0.122. The summed E-state index contributed by atoms with van der Waals surface area (Å²) in [4.78, 5) is 18.5. The quantitative estimate of drug-likeness (QED) is 0.462. The van der Waals surface area contributed by atoms with Crippen LogP contribution in [0.4, 0.5) is 5.69 Å². The number of hydrogen-bond acceptors (Lipinski definition) is 3. The van der Waals surface area contributed by atoms with Gasteiger partial charge >= 0.3 is 0 Å². The van der Waals surface area contributed by atoms with Crippen molar-refractivity contribution in [2.75, 3.05) is 37.6 Å². The Labute approximate surface area is 221 Å². The molecule has 1 amide bonds. The number of likely N-dealkylation sites (tertiary alicyclic amines) is 1. The van der Waals surface area contributed by atoms with Gasteiger partial charge in [0.25, 0.3) is 0 Å². The Bertz CT molecular complexity index is 1090. The van der Waals surface area contributed by atoms with Crippen molar-refractivity contribution in [2.45, 2.75) is 30.6 Å². The minimum atomic E-state index is -0.650. The van der Waals surface area contributed by atoms with Gasteiger partial charge in [0.05, 0.1) is 0 Å². The Hall–Kier alpha value is -2.37. The van der Waals surface area contributed by atoms with Crippen LogP contribution in [-0.4, -0.2) is 43.5 Å². The fourth-order valence-corrected chi connectivity index (χ4v) is 5.80. The van der Waals surface area contributed by atoms with Gasteiger partial charge in [-0.1, -0.05) is 78.9 Å². The Morgan fingerprint density at radius 1 is 0.800 bits per heavy atom. The Balaban J connectivity index is 0.00000171. The molecule has 6 heteroatoms. The lowest BCUT2D eigenvalue weighted by Gasteiger charge is -2.36. The van der Waals surface area contributed by atoms with E-state index in [4.69, 9.17) is 5.73 Å². The standard InChI is InChI=1S/C29H33N3O.2ClH/c30-18-22-32-27-14-8-7-13-26(27)29(28(32)33,25-11-5-2-6-12-25)17-21-31-19-15-24(16-20-31)23-9-3-1-4-10-23;;/h1-14,24H,15-22,30H2;2*1H. The van der Waals surface area contributed by atoms with Crippen LogP contribution >= 0.6 is 24.8 Å². The molecule has 5 rings (SSSR count). The van der Waals surface area contributed by atoms with Gasteiger partial charge in [0.1, 0.15) is 5.41 Å². The number of nitrogens with two attached hydrogens (primary N) is 1. The van der Waals surface area contributed by atoms with E-state index in [1.807, 2.05) is 29.2 Å². The first kappa shape index (κ1) is 27.2. The number of piperidine rings is 1. The number of para-hydroxylation sites is 1. The zero-order valence-corrected chi connectivity index (χ0v) is 21.6. The largest absolute Gasteiger partial charge is 0.329 e. The van der Waals surface area contributed by atoms with Gasteiger partial charge in [-0.25, -0.2) is 0 Å². The van der Waals surface area contributed by atoms with E-state index in [2.05, 4.69) is 65.6 Å². The molecule has 35 heavy (non-hydrogen) atoms. The van der Waals surface area contributed by atoms with Gasteiger partial charge in [0, 0.05) is 18.8 Å². The predicted molar refractivity (Wildman–Crippen MR) is 149 cm³/mol. The summed E-state index contributed by atoms with van der Waals surface area (Å²) in [6, 6.07) is 29.5. The number of carbonyl (C=O) groups excluding carboxylic acids is 1. The van der Waals surface area contributed by atoms with Crippen molar-refractivity contribution in [1.29, 1.82) is 0 Å². The second kappa shape index (κ2) is 12.0. The van der Waals surface area contributed by atoms with E-state index in [0.717, 1.165) is 42.9 Å². The molecule has 3 aromatic rings. The molecular weight excluding hydrogens is 477 g/mol. The molecule has 2 aliphatic rings. The lowest BCUT2D eigenvalue weighted by atomic mass is 9.72. The summed E-state index contributed by atoms with van der Waals surface area (Å²) in [5.74, 6) is 0.805. The van der Waals surface area contributed by atoms with E-state index in [1.54, 1.807) is 0 Å². The molecule has 0 spiro atoms. The second-order valence-electron chi connectivity index (χ2n) is 9.31. The molecule has 186 valence electrons.